The third-order valence-electron chi connectivity index (χ3n) is 2.48. The zero-order chi connectivity index (χ0) is 12.5. The number of ether oxygens (including phenoxy) is 2. The first kappa shape index (κ1) is 14.0. The summed E-state index contributed by atoms with van der Waals surface area (Å²) in [6.07, 6.45) is 4.79. The Kier molecular flexibility index (Phi) is 6.65. The smallest absolute Gasteiger partial charge is 0.202 e. The Labute approximate surface area is 103 Å². The van der Waals surface area contributed by atoms with Gasteiger partial charge in [-0.05, 0) is 12.3 Å². The van der Waals surface area contributed by atoms with E-state index in [1.54, 1.807) is 14.2 Å². The minimum absolute atomic E-state index is 0.480. The van der Waals surface area contributed by atoms with E-state index in [2.05, 4.69) is 21.8 Å². The number of aromatic nitrogens is 2. The Morgan fingerprint density at radius 2 is 2.24 bits per heavy atom. The number of anilines is 1. The maximum absolute atomic E-state index is 5.13. The van der Waals surface area contributed by atoms with Gasteiger partial charge in [-0.15, -0.1) is 0 Å². The highest BCUT2D eigenvalue weighted by atomic mass is 16.5. The standard InChI is InChI=1S/C12H23N3O2/c1-11(10-17-3)9-15-7-6-14-12(15)13-5-4-8-16-2/h6-7,11H,4-5,8-10H2,1-3H3,(H,13,14). The van der Waals surface area contributed by atoms with Gasteiger partial charge in [0.05, 0.1) is 6.61 Å². The Morgan fingerprint density at radius 3 is 2.94 bits per heavy atom. The average molecular weight is 241 g/mol. The molecule has 0 fully saturated rings. The zero-order valence-electron chi connectivity index (χ0n) is 11.0. The summed E-state index contributed by atoms with van der Waals surface area (Å²) in [6.45, 7) is 5.50. The monoisotopic (exact) mass is 241 g/mol. The van der Waals surface area contributed by atoms with Gasteiger partial charge in [0.1, 0.15) is 0 Å². The van der Waals surface area contributed by atoms with Gasteiger partial charge in [-0.1, -0.05) is 6.92 Å². The van der Waals surface area contributed by atoms with E-state index in [4.69, 9.17) is 9.47 Å². The van der Waals surface area contributed by atoms with E-state index in [0.717, 1.165) is 38.7 Å². The number of methoxy groups -OCH3 is 2. The normalized spacial score (nSPS) is 12.6. The number of nitrogens with zero attached hydrogens (tertiary/aromatic N) is 2. The van der Waals surface area contributed by atoms with Crippen molar-refractivity contribution in [1.29, 1.82) is 0 Å². The van der Waals surface area contributed by atoms with Gasteiger partial charge in [-0.2, -0.15) is 0 Å². The first-order chi connectivity index (χ1) is 8.27. The summed E-state index contributed by atoms with van der Waals surface area (Å²) in [6, 6.07) is 0. The number of nitrogens with one attached hydrogen (secondary N) is 1. The second-order valence-corrected chi connectivity index (χ2v) is 4.24. The highest BCUT2D eigenvalue weighted by Gasteiger charge is 2.06. The Morgan fingerprint density at radius 1 is 1.41 bits per heavy atom. The minimum Gasteiger partial charge on any atom is -0.385 e. The molecule has 5 heteroatoms. The van der Waals surface area contributed by atoms with E-state index in [1.165, 1.54) is 0 Å². The molecule has 1 aromatic heterocycles. The molecular formula is C12H23N3O2. The van der Waals surface area contributed by atoms with Gasteiger partial charge >= 0.3 is 0 Å². The van der Waals surface area contributed by atoms with Gasteiger partial charge < -0.3 is 19.4 Å². The summed E-state index contributed by atoms with van der Waals surface area (Å²) < 4.78 is 12.3. The highest BCUT2D eigenvalue weighted by Crippen LogP contribution is 2.08. The first-order valence-electron chi connectivity index (χ1n) is 6.00. The Bertz CT molecular complexity index is 302. The second kappa shape index (κ2) is 8.08. The molecule has 0 saturated carbocycles. The molecule has 1 aromatic rings. The molecule has 0 radical (unpaired) electrons. The lowest BCUT2D eigenvalue weighted by Crippen LogP contribution is -2.15. The second-order valence-electron chi connectivity index (χ2n) is 4.24. The van der Waals surface area contributed by atoms with Crippen LogP contribution in [-0.2, 0) is 16.0 Å². The summed E-state index contributed by atoms with van der Waals surface area (Å²) in [7, 11) is 3.45. The van der Waals surface area contributed by atoms with Crippen LogP contribution in [0.4, 0.5) is 5.95 Å². The Hall–Kier alpha value is -1.07. The zero-order valence-corrected chi connectivity index (χ0v) is 11.0. The van der Waals surface area contributed by atoms with E-state index in [9.17, 15) is 0 Å². The number of rotatable bonds is 9. The molecule has 5 nitrogen and oxygen atoms in total. The maximum Gasteiger partial charge on any atom is 0.202 e. The van der Waals surface area contributed by atoms with Crippen LogP contribution >= 0.6 is 0 Å². The molecule has 0 aliphatic rings. The lowest BCUT2D eigenvalue weighted by atomic mass is 10.2. The number of hydrogen-bond donors (Lipinski definition) is 1. The molecule has 1 rings (SSSR count). The minimum atomic E-state index is 0.480. The molecule has 0 saturated heterocycles. The Balaban J connectivity index is 2.37. The van der Waals surface area contributed by atoms with Crippen molar-refractivity contribution in [2.24, 2.45) is 5.92 Å². The molecule has 98 valence electrons. The van der Waals surface area contributed by atoms with Crippen molar-refractivity contribution in [2.75, 3.05) is 39.3 Å². The highest BCUT2D eigenvalue weighted by molar-refractivity contribution is 5.25. The number of imidazole rings is 1. The molecular weight excluding hydrogens is 218 g/mol. The molecule has 1 heterocycles. The summed E-state index contributed by atoms with van der Waals surface area (Å²) >= 11 is 0. The van der Waals surface area contributed by atoms with E-state index >= 15 is 0 Å². The van der Waals surface area contributed by atoms with Crippen molar-refractivity contribution in [3.05, 3.63) is 12.4 Å². The van der Waals surface area contributed by atoms with Crippen molar-refractivity contribution in [2.45, 2.75) is 19.9 Å². The molecule has 1 N–H and O–H groups in total. The predicted molar refractivity (Wildman–Crippen MR) is 68.2 cm³/mol. The van der Waals surface area contributed by atoms with Crippen LogP contribution in [0.1, 0.15) is 13.3 Å². The quantitative estimate of drug-likeness (QED) is 0.667. The lowest BCUT2D eigenvalue weighted by Gasteiger charge is -2.14. The van der Waals surface area contributed by atoms with Crippen molar-refractivity contribution < 1.29 is 9.47 Å². The van der Waals surface area contributed by atoms with Gasteiger partial charge in [-0.3, -0.25) is 0 Å². The van der Waals surface area contributed by atoms with Crippen LogP contribution in [0.15, 0.2) is 12.4 Å². The van der Waals surface area contributed by atoms with Crippen molar-refractivity contribution in [1.82, 2.24) is 9.55 Å². The van der Waals surface area contributed by atoms with Crippen LogP contribution in [0.25, 0.3) is 0 Å². The lowest BCUT2D eigenvalue weighted by molar-refractivity contribution is 0.151. The molecule has 0 aromatic carbocycles. The maximum atomic E-state index is 5.13. The molecule has 0 aliphatic heterocycles. The van der Waals surface area contributed by atoms with Crippen molar-refractivity contribution in [3.8, 4) is 0 Å². The van der Waals surface area contributed by atoms with Gasteiger partial charge in [0.25, 0.3) is 0 Å². The predicted octanol–water partition coefficient (Wildman–Crippen LogP) is 1.61. The summed E-state index contributed by atoms with van der Waals surface area (Å²) in [5.41, 5.74) is 0. The van der Waals surface area contributed by atoms with E-state index in [-0.39, 0.29) is 0 Å². The topological polar surface area (TPSA) is 48.3 Å². The van der Waals surface area contributed by atoms with Crippen LogP contribution in [0.3, 0.4) is 0 Å². The van der Waals surface area contributed by atoms with Crippen molar-refractivity contribution in [3.63, 3.8) is 0 Å². The number of hydrogen-bond acceptors (Lipinski definition) is 4. The fourth-order valence-electron chi connectivity index (χ4n) is 1.71. The van der Waals surface area contributed by atoms with Crippen LogP contribution in [0.2, 0.25) is 0 Å². The van der Waals surface area contributed by atoms with Gasteiger partial charge in [0, 0.05) is 46.3 Å². The molecule has 1 unspecified atom stereocenters. The van der Waals surface area contributed by atoms with E-state index in [1.807, 2.05) is 12.4 Å². The third kappa shape index (κ3) is 5.19. The average Bonchev–Trinajstić information content (AvgIpc) is 2.72. The van der Waals surface area contributed by atoms with Crippen LogP contribution < -0.4 is 5.32 Å². The first-order valence-corrected chi connectivity index (χ1v) is 6.00. The molecule has 0 amide bonds. The summed E-state index contributed by atoms with van der Waals surface area (Å²) in [5, 5.41) is 3.31. The van der Waals surface area contributed by atoms with Crippen LogP contribution in [0.5, 0.6) is 0 Å². The molecule has 17 heavy (non-hydrogen) atoms. The molecule has 1 atom stereocenters. The molecule has 0 bridgehead atoms. The molecule has 0 aliphatic carbocycles. The largest absolute Gasteiger partial charge is 0.385 e. The van der Waals surface area contributed by atoms with Crippen molar-refractivity contribution >= 4 is 5.95 Å². The van der Waals surface area contributed by atoms with E-state index < -0.39 is 0 Å². The summed E-state index contributed by atoms with van der Waals surface area (Å²) in [5.74, 6) is 1.40. The van der Waals surface area contributed by atoms with Gasteiger partial charge in [0.15, 0.2) is 0 Å². The van der Waals surface area contributed by atoms with E-state index in [0.29, 0.717) is 5.92 Å². The fourth-order valence-corrected chi connectivity index (χ4v) is 1.71. The van der Waals surface area contributed by atoms with Gasteiger partial charge in [-0.25, -0.2) is 4.98 Å². The summed E-state index contributed by atoms with van der Waals surface area (Å²) in [4.78, 5) is 4.30. The van der Waals surface area contributed by atoms with Gasteiger partial charge in [0.2, 0.25) is 5.95 Å². The SMILES string of the molecule is COCCCNc1nccn1CC(C)COC. The van der Waals surface area contributed by atoms with Crippen LogP contribution in [-0.4, -0.2) is 43.5 Å². The fraction of sp³-hybridized carbons (Fsp3) is 0.750. The van der Waals surface area contributed by atoms with Crippen LogP contribution in [0, 0.1) is 5.92 Å². The third-order valence-corrected chi connectivity index (χ3v) is 2.48. The molecule has 0 spiro atoms.